The summed E-state index contributed by atoms with van der Waals surface area (Å²) in [6, 6.07) is 18.9. The third-order valence-electron chi connectivity index (χ3n) is 2.34. The third-order valence-corrected chi connectivity index (χ3v) is 3.58. The van der Waals surface area contributed by atoms with Crippen LogP contribution in [0, 0.1) is 0 Å². The molecule has 3 heteroatoms. The first-order valence-electron chi connectivity index (χ1n) is 6.14. The van der Waals surface area contributed by atoms with Crippen molar-refractivity contribution in [2.45, 2.75) is 26.4 Å². The third kappa shape index (κ3) is 5.63. The molecular formula is C16H20ClOP. The Balaban J connectivity index is 0.00000180. The Morgan fingerprint density at radius 1 is 0.789 bits per heavy atom. The lowest BCUT2D eigenvalue weighted by molar-refractivity contribution is 0.131. The summed E-state index contributed by atoms with van der Waals surface area (Å²) in [6.07, 6.45) is 0. The zero-order valence-electron chi connectivity index (χ0n) is 11.5. The van der Waals surface area contributed by atoms with Crippen molar-refractivity contribution in [1.82, 2.24) is 0 Å². The highest BCUT2D eigenvalue weighted by Crippen LogP contribution is 2.18. The molecule has 2 aromatic rings. The molecule has 0 bridgehead atoms. The van der Waals surface area contributed by atoms with E-state index in [0.29, 0.717) is 8.58 Å². The first kappa shape index (κ1) is 16.0. The van der Waals surface area contributed by atoms with Crippen molar-refractivity contribution in [3.8, 4) is 5.75 Å². The number of hydrogen-bond donors (Lipinski definition) is 0. The van der Waals surface area contributed by atoms with E-state index < -0.39 is 0 Å². The molecular weight excluding hydrogens is 275 g/mol. The zero-order valence-corrected chi connectivity index (χ0v) is 13.3. The second-order valence-electron chi connectivity index (χ2n) is 5.23. The van der Waals surface area contributed by atoms with Gasteiger partial charge >= 0.3 is 0 Å². The summed E-state index contributed by atoms with van der Waals surface area (Å²) in [5, 5.41) is 2.70. The quantitative estimate of drug-likeness (QED) is 0.780. The first-order chi connectivity index (χ1) is 8.53. The van der Waals surface area contributed by atoms with Gasteiger partial charge in [-0.3, -0.25) is 0 Å². The van der Waals surface area contributed by atoms with Crippen LogP contribution >= 0.6 is 21.0 Å². The predicted molar refractivity (Wildman–Crippen MR) is 88.1 cm³/mol. The molecule has 2 rings (SSSR count). The molecule has 0 aromatic heterocycles. The minimum Gasteiger partial charge on any atom is -0.488 e. The minimum atomic E-state index is -0.136. The van der Waals surface area contributed by atoms with Crippen LogP contribution in [-0.4, -0.2) is 5.60 Å². The highest BCUT2D eigenvalue weighted by Gasteiger charge is 2.11. The van der Waals surface area contributed by atoms with Gasteiger partial charge < -0.3 is 4.74 Å². The van der Waals surface area contributed by atoms with Crippen LogP contribution in [0.4, 0.5) is 0 Å². The first-order valence-corrected chi connectivity index (χ1v) is 7.14. The Morgan fingerprint density at radius 3 is 1.84 bits per heavy atom. The van der Waals surface area contributed by atoms with Crippen LogP contribution in [0.5, 0.6) is 5.75 Å². The Kier molecular flexibility index (Phi) is 5.85. The maximum Gasteiger partial charge on any atom is 0.120 e. The van der Waals surface area contributed by atoms with Crippen LogP contribution in [-0.2, 0) is 0 Å². The van der Waals surface area contributed by atoms with Crippen molar-refractivity contribution in [1.29, 1.82) is 0 Å². The largest absolute Gasteiger partial charge is 0.488 e. The van der Waals surface area contributed by atoms with Gasteiger partial charge in [-0.15, -0.1) is 12.4 Å². The summed E-state index contributed by atoms with van der Waals surface area (Å²) in [6.45, 7) is 6.19. The van der Waals surface area contributed by atoms with Gasteiger partial charge in [0.25, 0.3) is 0 Å². The monoisotopic (exact) mass is 294 g/mol. The van der Waals surface area contributed by atoms with E-state index in [1.807, 2.05) is 6.07 Å². The Hall–Kier alpha value is -1.04. The van der Waals surface area contributed by atoms with Crippen LogP contribution in [0.2, 0.25) is 0 Å². The lowest BCUT2D eigenvalue weighted by Gasteiger charge is -2.21. The van der Waals surface area contributed by atoms with E-state index >= 15 is 0 Å². The van der Waals surface area contributed by atoms with E-state index in [0.717, 1.165) is 5.75 Å². The van der Waals surface area contributed by atoms with E-state index in [1.54, 1.807) is 0 Å². The standard InChI is InChI=1S/C16H19OP.ClH/c1-16(2,3)17-13-9-11-15(12-10-13)18-14-7-5-4-6-8-14;/h4-12,18H,1-3H3;1H. The summed E-state index contributed by atoms with van der Waals surface area (Å²) in [7, 11) is 0.706. The van der Waals surface area contributed by atoms with E-state index in [1.165, 1.54) is 10.6 Å². The maximum absolute atomic E-state index is 5.81. The molecule has 0 heterocycles. The molecule has 0 radical (unpaired) electrons. The number of hydrogen-bond acceptors (Lipinski definition) is 1. The molecule has 0 N–H and O–H groups in total. The molecule has 0 amide bonds. The number of rotatable bonds is 3. The van der Waals surface area contributed by atoms with E-state index in [9.17, 15) is 0 Å². The topological polar surface area (TPSA) is 9.23 Å². The summed E-state index contributed by atoms with van der Waals surface area (Å²) >= 11 is 0. The van der Waals surface area contributed by atoms with E-state index in [-0.39, 0.29) is 18.0 Å². The second-order valence-corrected chi connectivity index (χ2v) is 6.63. The molecule has 0 aliphatic carbocycles. The molecule has 0 aliphatic rings. The minimum absolute atomic E-state index is 0. The molecule has 0 spiro atoms. The van der Waals surface area contributed by atoms with Crippen molar-refractivity contribution in [3.05, 3.63) is 54.6 Å². The van der Waals surface area contributed by atoms with Gasteiger partial charge in [0, 0.05) is 0 Å². The fraction of sp³-hybridized carbons (Fsp3) is 0.250. The molecule has 1 atom stereocenters. The molecule has 19 heavy (non-hydrogen) atoms. The number of halogens is 1. The zero-order chi connectivity index (χ0) is 13.0. The van der Waals surface area contributed by atoms with E-state index in [4.69, 9.17) is 4.74 Å². The van der Waals surface area contributed by atoms with Crippen LogP contribution in [0.3, 0.4) is 0 Å². The lowest BCUT2D eigenvalue weighted by Crippen LogP contribution is -2.23. The summed E-state index contributed by atoms with van der Waals surface area (Å²) < 4.78 is 5.81. The van der Waals surface area contributed by atoms with Crippen molar-refractivity contribution in [2.24, 2.45) is 0 Å². The average Bonchev–Trinajstić information content (AvgIpc) is 2.31. The SMILES string of the molecule is CC(C)(C)Oc1ccc(Pc2ccccc2)cc1.Cl. The fourth-order valence-electron chi connectivity index (χ4n) is 1.65. The van der Waals surface area contributed by atoms with Gasteiger partial charge in [0.1, 0.15) is 11.4 Å². The van der Waals surface area contributed by atoms with Crippen LogP contribution in [0.1, 0.15) is 20.8 Å². The normalized spacial score (nSPS) is 11.3. The molecule has 1 nitrogen and oxygen atoms in total. The van der Waals surface area contributed by atoms with Gasteiger partial charge in [0.2, 0.25) is 0 Å². The van der Waals surface area contributed by atoms with Gasteiger partial charge in [-0.25, -0.2) is 0 Å². The maximum atomic E-state index is 5.81. The highest BCUT2D eigenvalue weighted by atomic mass is 35.5. The smallest absolute Gasteiger partial charge is 0.120 e. The predicted octanol–water partition coefficient (Wildman–Crippen LogP) is 3.92. The average molecular weight is 295 g/mol. The lowest BCUT2D eigenvalue weighted by atomic mass is 10.2. The van der Waals surface area contributed by atoms with Crippen LogP contribution in [0.25, 0.3) is 0 Å². The summed E-state index contributed by atoms with van der Waals surface area (Å²) in [5.74, 6) is 0.934. The molecule has 102 valence electrons. The molecule has 0 saturated heterocycles. The molecule has 0 fully saturated rings. The fourth-order valence-corrected chi connectivity index (χ4v) is 2.67. The molecule has 0 saturated carbocycles. The van der Waals surface area contributed by atoms with Gasteiger partial charge in [-0.2, -0.15) is 0 Å². The Labute approximate surface area is 123 Å². The van der Waals surface area contributed by atoms with Gasteiger partial charge in [0.05, 0.1) is 0 Å². The Morgan fingerprint density at radius 2 is 1.32 bits per heavy atom. The van der Waals surface area contributed by atoms with Crippen LogP contribution in [0.15, 0.2) is 54.6 Å². The van der Waals surface area contributed by atoms with Gasteiger partial charge in [0.15, 0.2) is 0 Å². The molecule has 1 unspecified atom stereocenters. The van der Waals surface area contributed by atoms with Crippen molar-refractivity contribution in [3.63, 3.8) is 0 Å². The second kappa shape index (κ2) is 6.93. The summed E-state index contributed by atoms with van der Waals surface area (Å²) in [4.78, 5) is 0. The van der Waals surface area contributed by atoms with E-state index in [2.05, 4.69) is 69.3 Å². The van der Waals surface area contributed by atoms with Gasteiger partial charge in [-0.05, 0) is 43.5 Å². The number of ether oxygens (including phenoxy) is 1. The summed E-state index contributed by atoms with van der Waals surface area (Å²) in [5.41, 5.74) is -0.136. The van der Waals surface area contributed by atoms with Crippen LogP contribution < -0.4 is 15.3 Å². The molecule has 0 aliphatic heterocycles. The Bertz CT molecular complexity index is 488. The molecule has 2 aromatic carbocycles. The van der Waals surface area contributed by atoms with Crippen molar-refractivity contribution in [2.75, 3.05) is 0 Å². The van der Waals surface area contributed by atoms with Crippen molar-refractivity contribution < 1.29 is 4.74 Å². The highest BCUT2D eigenvalue weighted by molar-refractivity contribution is 7.55. The van der Waals surface area contributed by atoms with Crippen molar-refractivity contribution >= 4 is 31.6 Å². The number of benzene rings is 2. The van der Waals surface area contributed by atoms with Gasteiger partial charge in [-0.1, -0.05) is 51.0 Å².